The first-order valence-electron chi connectivity index (χ1n) is 7.61. The number of hydrogen-bond donors (Lipinski definition) is 1. The molecule has 23 heavy (non-hydrogen) atoms. The summed E-state index contributed by atoms with van der Waals surface area (Å²) in [7, 11) is 0. The summed E-state index contributed by atoms with van der Waals surface area (Å²) < 4.78 is 2.12. The van der Waals surface area contributed by atoms with E-state index in [4.69, 9.17) is 4.98 Å². The molecule has 0 atom stereocenters. The van der Waals surface area contributed by atoms with Crippen LogP contribution in [0.1, 0.15) is 11.1 Å². The SMILES string of the molecule is Cc1cccc(CNc2c(-c3cccs3)nc3ccccn23)c1. The predicted molar refractivity (Wildman–Crippen MR) is 97.0 cm³/mol. The van der Waals surface area contributed by atoms with Gasteiger partial charge in [-0.25, -0.2) is 4.98 Å². The number of fused-ring (bicyclic) bond motifs is 1. The molecule has 3 aromatic heterocycles. The molecule has 3 nitrogen and oxygen atoms in total. The lowest BCUT2D eigenvalue weighted by atomic mass is 10.1. The van der Waals surface area contributed by atoms with E-state index < -0.39 is 0 Å². The van der Waals surface area contributed by atoms with Gasteiger partial charge in [0.2, 0.25) is 0 Å². The Bertz CT molecular complexity index is 938. The van der Waals surface area contributed by atoms with Crippen molar-refractivity contribution in [3.63, 3.8) is 0 Å². The van der Waals surface area contributed by atoms with Crippen molar-refractivity contribution in [1.29, 1.82) is 0 Å². The van der Waals surface area contributed by atoms with Crippen molar-refractivity contribution >= 4 is 22.8 Å². The quantitative estimate of drug-likeness (QED) is 0.574. The van der Waals surface area contributed by atoms with Gasteiger partial charge >= 0.3 is 0 Å². The third-order valence-electron chi connectivity index (χ3n) is 3.83. The van der Waals surface area contributed by atoms with E-state index in [0.29, 0.717) is 0 Å². The molecule has 0 spiro atoms. The normalized spacial score (nSPS) is 11.0. The summed E-state index contributed by atoms with van der Waals surface area (Å²) in [6.45, 7) is 2.90. The highest BCUT2D eigenvalue weighted by Gasteiger charge is 2.14. The Hall–Kier alpha value is -2.59. The maximum absolute atomic E-state index is 4.80. The second kappa shape index (κ2) is 5.89. The lowest BCUT2D eigenvalue weighted by Gasteiger charge is -2.09. The maximum atomic E-state index is 4.80. The molecule has 0 saturated heterocycles. The first-order chi connectivity index (χ1) is 11.3. The van der Waals surface area contributed by atoms with Crippen molar-refractivity contribution in [3.8, 4) is 10.6 Å². The van der Waals surface area contributed by atoms with Crippen LogP contribution in [0, 0.1) is 6.92 Å². The van der Waals surface area contributed by atoms with Crippen LogP contribution in [0.25, 0.3) is 16.2 Å². The topological polar surface area (TPSA) is 29.3 Å². The summed E-state index contributed by atoms with van der Waals surface area (Å²) in [5.41, 5.74) is 4.52. The van der Waals surface area contributed by atoms with Gasteiger partial charge in [0, 0.05) is 12.7 Å². The number of aryl methyl sites for hydroxylation is 1. The summed E-state index contributed by atoms with van der Waals surface area (Å²) in [6.07, 6.45) is 2.05. The van der Waals surface area contributed by atoms with E-state index in [9.17, 15) is 0 Å². The fourth-order valence-electron chi connectivity index (χ4n) is 2.76. The number of rotatable bonds is 4. The second-order valence-corrected chi connectivity index (χ2v) is 6.51. The Labute approximate surface area is 139 Å². The molecular formula is C19H17N3S. The number of imidazole rings is 1. The minimum atomic E-state index is 0.780. The molecule has 4 rings (SSSR count). The van der Waals surface area contributed by atoms with Gasteiger partial charge in [0.05, 0.1) is 4.88 Å². The van der Waals surface area contributed by atoms with Crippen LogP contribution in [-0.4, -0.2) is 9.38 Å². The van der Waals surface area contributed by atoms with E-state index in [1.165, 1.54) is 16.0 Å². The van der Waals surface area contributed by atoms with Crippen LogP contribution in [-0.2, 0) is 6.54 Å². The van der Waals surface area contributed by atoms with Crippen molar-refractivity contribution in [3.05, 3.63) is 77.3 Å². The zero-order valence-electron chi connectivity index (χ0n) is 12.9. The molecule has 0 bridgehead atoms. The average molecular weight is 319 g/mol. The van der Waals surface area contributed by atoms with Crippen LogP contribution in [0.4, 0.5) is 5.82 Å². The van der Waals surface area contributed by atoms with Crippen LogP contribution >= 0.6 is 11.3 Å². The Morgan fingerprint density at radius 3 is 2.87 bits per heavy atom. The summed E-state index contributed by atoms with van der Waals surface area (Å²) in [5, 5.41) is 5.66. The highest BCUT2D eigenvalue weighted by atomic mass is 32.1. The first-order valence-corrected chi connectivity index (χ1v) is 8.49. The van der Waals surface area contributed by atoms with E-state index in [1.54, 1.807) is 11.3 Å². The number of nitrogens with zero attached hydrogens (tertiary/aromatic N) is 2. The van der Waals surface area contributed by atoms with Gasteiger partial charge in [-0.1, -0.05) is 42.0 Å². The fourth-order valence-corrected chi connectivity index (χ4v) is 3.47. The molecule has 0 radical (unpaired) electrons. The standard InChI is InChI=1S/C19H17N3S/c1-14-6-4-7-15(12-14)13-20-19-18(16-8-5-11-23-16)21-17-9-2-3-10-22(17)19/h2-12,20H,13H2,1H3. The Kier molecular flexibility index (Phi) is 3.60. The van der Waals surface area contributed by atoms with Gasteiger partial charge < -0.3 is 5.32 Å². The average Bonchev–Trinajstić information content (AvgIpc) is 3.20. The minimum Gasteiger partial charge on any atom is -0.365 e. The molecule has 0 aliphatic rings. The Balaban J connectivity index is 1.74. The Morgan fingerprint density at radius 2 is 2.04 bits per heavy atom. The second-order valence-electron chi connectivity index (χ2n) is 5.56. The van der Waals surface area contributed by atoms with E-state index in [0.717, 1.165) is 23.7 Å². The molecule has 0 amide bonds. The molecular weight excluding hydrogens is 302 g/mol. The molecule has 0 unspecified atom stereocenters. The summed E-state index contributed by atoms with van der Waals surface area (Å²) in [6, 6.07) is 18.8. The van der Waals surface area contributed by atoms with Gasteiger partial charge in [-0.05, 0) is 36.1 Å². The minimum absolute atomic E-state index is 0.780. The van der Waals surface area contributed by atoms with Gasteiger partial charge in [-0.2, -0.15) is 0 Å². The monoisotopic (exact) mass is 319 g/mol. The van der Waals surface area contributed by atoms with Crippen molar-refractivity contribution in [2.45, 2.75) is 13.5 Å². The van der Waals surface area contributed by atoms with Crippen molar-refractivity contribution < 1.29 is 0 Å². The van der Waals surface area contributed by atoms with Crippen LogP contribution < -0.4 is 5.32 Å². The number of benzene rings is 1. The zero-order valence-corrected chi connectivity index (χ0v) is 13.7. The van der Waals surface area contributed by atoms with E-state index in [-0.39, 0.29) is 0 Å². The van der Waals surface area contributed by atoms with Crippen LogP contribution in [0.5, 0.6) is 0 Å². The lowest BCUT2D eigenvalue weighted by Crippen LogP contribution is -2.03. The van der Waals surface area contributed by atoms with Crippen LogP contribution in [0.2, 0.25) is 0 Å². The van der Waals surface area contributed by atoms with Gasteiger partial charge in [-0.15, -0.1) is 11.3 Å². The molecule has 4 heteroatoms. The molecule has 3 heterocycles. The molecule has 0 aliphatic heterocycles. The number of thiophene rings is 1. The largest absolute Gasteiger partial charge is 0.365 e. The number of hydrogen-bond acceptors (Lipinski definition) is 3. The Morgan fingerprint density at radius 1 is 1.09 bits per heavy atom. The predicted octanol–water partition coefficient (Wildman–Crippen LogP) is 4.98. The van der Waals surface area contributed by atoms with Crippen molar-refractivity contribution in [2.24, 2.45) is 0 Å². The number of anilines is 1. The third-order valence-corrected chi connectivity index (χ3v) is 4.70. The molecule has 114 valence electrons. The summed E-state index contributed by atoms with van der Waals surface area (Å²) >= 11 is 1.71. The van der Waals surface area contributed by atoms with E-state index in [2.05, 4.69) is 64.6 Å². The number of aromatic nitrogens is 2. The lowest BCUT2D eigenvalue weighted by molar-refractivity contribution is 1.08. The van der Waals surface area contributed by atoms with Crippen molar-refractivity contribution in [2.75, 3.05) is 5.32 Å². The third kappa shape index (κ3) is 2.73. The van der Waals surface area contributed by atoms with Crippen LogP contribution in [0.15, 0.2) is 66.2 Å². The van der Waals surface area contributed by atoms with Gasteiger partial charge in [0.25, 0.3) is 0 Å². The highest BCUT2D eigenvalue weighted by molar-refractivity contribution is 7.13. The first kappa shape index (κ1) is 14.0. The molecule has 1 aromatic carbocycles. The summed E-state index contributed by atoms with van der Waals surface area (Å²) in [4.78, 5) is 5.98. The zero-order chi connectivity index (χ0) is 15.6. The molecule has 4 aromatic rings. The fraction of sp³-hybridized carbons (Fsp3) is 0.105. The molecule has 0 aliphatic carbocycles. The molecule has 0 saturated carbocycles. The van der Waals surface area contributed by atoms with Gasteiger partial charge in [0.15, 0.2) is 0 Å². The number of pyridine rings is 1. The maximum Gasteiger partial charge on any atom is 0.139 e. The van der Waals surface area contributed by atoms with Gasteiger partial charge in [-0.3, -0.25) is 4.40 Å². The van der Waals surface area contributed by atoms with Crippen LogP contribution in [0.3, 0.4) is 0 Å². The van der Waals surface area contributed by atoms with Crippen molar-refractivity contribution in [1.82, 2.24) is 9.38 Å². The molecule has 0 fully saturated rings. The summed E-state index contributed by atoms with van der Waals surface area (Å²) in [5.74, 6) is 1.05. The van der Waals surface area contributed by atoms with E-state index >= 15 is 0 Å². The highest BCUT2D eigenvalue weighted by Crippen LogP contribution is 2.32. The van der Waals surface area contributed by atoms with E-state index in [1.807, 2.05) is 18.2 Å². The van der Waals surface area contributed by atoms with Gasteiger partial charge in [0.1, 0.15) is 17.2 Å². The number of nitrogens with one attached hydrogen (secondary N) is 1. The molecule has 1 N–H and O–H groups in total. The smallest absolute Gasteiger partial charge is 0.139 e.